The van der Waals surface area contributed by atoms with E-state index in [2.05, 4.69) is 18.1 Å². The van der Waals surface area contributed by atoms with Crippen LogP contribution in [-0.2, 0) is 6.42 Å². The quantitative estimate of drug-likeness (QED) is 0.610. The molecule has 1 aromatic carbocycles. The average Bonchev–Trinajstić information content (AvgIpc) is 2.73. The first-order valence-corrected chi connectivity index (χ1v) is 6.29. The van der Waals surface area contributed by atoms with E-state index in [0.29, 0.717) is 0 Å². The highest BCUT2D eigenvalue weighted by atomic mass is 32.1. The number of hydrogen-bond acceptors (Lipinski definition) is 4. The summed E-state index contributed by atoms with van der Waals surface area (Å²) in [5.74, 6) is 0. The third-order valence-electron chi connectivity index (χ3n) is 2.51. The van der Waals surface area contributed by atoms with Crippen LogP contribution in [0.2, 0.25) is 0 Å². The molecule has 0 bridgehead atoms. The number of benzene rings is 1. The van der Waals surface area contributed by atoms with E-state index < -0.39 is 0 Å². The first kappa shape index (κ1) is 11.6. The Morgan fingerprint density at radius 2 is 2.06 bits per heavy atom. The van der Waals surface area contributed by atoms with Crippen molar-refractivity contribution in [3.63, 3.8) is 0 Å². The molecule has 3 nitrogen and oxygen atoms in total. The van der Waals surface area contributed by atoms with E-state index in [9.17, 15) is 5.26 Å². The molecule has 0 radical (unpaired) electrons. The van der Waals surface area contributed by atoms with Gasteiger partial charge in [-0.2, -0.15) is 5.26 Å². The number of anilines is 2. The van der Waals surface area contributed by atoms with Gasteiger partial charge in [0.25, 0.3) is 0 Å². The molecule has 2 aromatic rings. The lowest BCUT2D eigenvalue weighted by molar-refractivity contribution is 1.10. The summed E-state index contributed by atoms with van der Waals surface area (Å²) >= 11 is 1.58. The molecule has 1 aromatic heterocycles. The van der Waals surface area contributed by atoms with Gasteiger partial charge in [0.15, 0.2) is 6.19 Å². The average molecular weight is 243 g/mol. The fraction of sp³-hybridized carbons (Fsp3) is 0.231. The minimum absolute atomic E-state index is 0.744. The van der Waals surface area contributed by atoms with Crippen LogP contribution in [0.3, 0.4) is 0 Å². The summed E-state index contributed by atoms with van der Waals surface area (Å²) in [7, 11) is 0. The van der Waals surface area contributed by atoms with Crippen LogP contribution in [0.1, 0.15) is 17.5 Å². The van der Waals surface area contributed by atoms with Crippen LogP contribution < -0.4 is 4.90 Å². The predicted octanol–water partition coefficient (Wildman–Crippen LogP) is 3.63. The van der Waals surface area contributed by atoms with Crippen molar-refractivity contribution in [2.24, 2.45) is 0 Å². The predicted molar refractivity (Wildman–Crippen MR) is 70.4 cm³/mol. The first-order chi connectivity index (χ1) is 8.26. The van der Waals surface area contributed by atoms with Crippen molar-refractivity contribution in [2.75, 3.05) is 4.90 Å². The minimum Gasteiger partial charge on any atom is -0.224 e. The number of rotatable bonds is 3. The fourth-order valence-electron chi connectivity index (χ4n) is 1.62. The van der Waals surface area contributed by atoms with Crippen LogP contribution in [0.5, 0.6) is 0 Å². The van der Waals surface area contributed by atoms with Crippen LogP contribution in [0.25, 0.3) is 0 Å². The number of para-hydroxylation sites is 1. The van der Waals surface area contributed by atoms with Crippen molar-refractivity contribution in [1.29, 1.82) is 5.26 Å². The number of aromatic nitrogens is 1. The second-order valence-electron chi connectivity index (χ2n) is 3.63. The standard InChI is InChI=1S/C13H13N3S/c1-3-12-10(2)15-13(17-12)16(9-14)11-7-5-4-6-8-11/h4-8H,3H2,1-2H3. The van der Waals surface area contributed by atoms with E-state index in [0.717, 1.165) is 22.9 Å². The van der Waals surface area contributed by atoms with E-state index in [1.807, 2.05) is 37.3 Å². The van der Waals surface area contributed by atoms with Crippen molar-refractivity contribution in [3.05, 3.63) is 40.9 Å². The van der Waals surface area contributed by atoms with E-state index >= 15 is 0 Å². The van der Waals surface area contributed by atoms with E-state index in [-0.39, 0.29) is 0 Å². The Labute approximate surface area is 105 Å². The highest BCUT2D eigenvalue weighted by molar-refractivity contribution is 7.15. The van der Waals surface area contributed by atoms with Crippen molar-refractivity contribution in [3.8, 4) is 6.19 Å². The Morgan fingerprint density at radius 3 is 2.59 bits per heavy atom. The fourth-order valence-corrected chi connectivity index (χ4v) is 2.60. The number of nitriles is 1. The van der Waals surface area contributed by atoms with Gasteiger partial charge in [-0.1, -0.05) is 25.1 Å². The Hall–Kier alpha value is -1.86. The lowest BCUT2D eigenvalue weighted by Gasteiger charge is -2.11. The molecular weight excluding hydrogens is 230 g/mol. The van der Waals surface area contributed by atoms with Gasteiger partial charge in [-0.15, -0.1) is 11.3 Å². The van der Waals surface area contributed by atoms with E-state index in [1.165, 1.54) is 4.88 Å². The summed E-state index contributed by atoms with van der Waals surface area (Å²) in [6.07, 6.45) is 3.14. The molecule has 0 amide bonds. The van der Waals surface area contributed by atoms with E-state index in [4.69, 9.17) is 0 Å². The zero-order chi connectivity index (χ0) is 12.3. The normalized spacial score (nSPS) is 9.94. The van der Waals surface area contributed by atoms with Crippen LogP contribution >= 0.6 is 11.3 Å². The molecule has 0 aliphatic heterocycles. The van der Waals surface area contributed by atoms with Crippen molar-refractivity contribution >= 4 is 22.2 Å². The van der Waals surface area contributed by atoms with Crippen LogP contribution in [0.4, 0.5) is 10.8 Å². The summed E-state index contributed by atoms with van der Waals surface area (Å²) < 4.78 is 0. The molecule has 0 saturated carbocycles. The summed E-state index contributed by atoms with van der Waals surface area (Å²) in [5.41, 5.74) is 1.87. The molecule has 4 heteroatoms. The largest absolute Gasteiger partial charge is 0.224 e. The number of nitrogens with zero attached hydrogens (tertiary/aromatic N) is 3. The van der Waals surface area contributed by atoms with Gasteiger partial charge in [0.1, 0.15) is 0 Å². The third-order valence-corrected chi connectivity index (χ3v) is 3.80. The molecule has 0 fully saturated rings. The summed E-state index contributed by atoms with van der Waals surface area (Å²) in [5, 5.41) is 9.99. The Kier molecular flexibility index (Phi) is 3.40. The van der Waals surface area contributed by atoms with Gasteiger partial charge in [0.2, 0.25) is 5.13 Å². The lowest BCUT2D eigenvalue weighted by Crippen LogP contribution is -2.07. The molecule has 0 unspecified atom stereocenters. The van der Waals surface area contributed by atoms with E-state index in [1.54, 1.807) is 16.2 Å². The molecular formula is C13H13N3S. The van der Waals surface area contributed by atoms with Crippen molar-refractivity contribution < 1.29 is 0 Å². The summed E-state index contributed by atoms with van der Waals surface area (Å²) in [4.78, 5) is 7.25. The molecule has 0 spiro atoms. The highest BCUT2D eigenvalue weighted by Gasteiger charge is 2.14. The third kappa shape index (κ3) is 2.29. The molecule has 17 heavy (non-hydrogen) atoms. The van der Waals surface area contributed by atoms with Gasteiger partial charge in [-0.3, -0.25) is 0 Å². The zero-order valence-corrected chi connectivity index (χ0v) is 10.7. The molecule has 0 aliphatic carbocycles. The lowest BCUT2D eigenvalue weighted by atomic mass is 10.3. The van der Waals surface area contributed by atoms with Crippen molar-refractivity contribution in [1.82, 2.24) is 4.98 Å². The number of hydrogen-bond donors (Lipinski definition) is 0. The van der Waals surface area contributed by atoms with Gasteiger partial charge >= 0.3 is 0 Å². The number of thiazole rings is 1. The molecule has 86 valence electrons. The monoisotopic (exact) mass is 243 g/mol. The second-order valence-corrected chi connectivity index (χ2v) is 4.69. The molecule has 0 N–H and O–H groups in total. The Morgan fingerprint density at radius 1 is 1.35 bits per heavy atom. The SMILES string of the molecule is CCc1sc(N(C#N)c2ccccc2)nc1C. The van der Waals surface area contributed by atoms with Gasteiger partial charge in [-0.05, 0) is 25.5 Å². The Bertz CT molecular complexity index is 540. The maximum Gasteiger partial charge on any atom is 0.203 e. The number of aryl methyl sites for hydroxylation is 2. The topological polar surface area (TPSA) is 39.9 Å². The molecule has 0 aliphatic rings. The first-order valence-electron chi connectivity index (χ1n) is 5.47. The van der Waals surface area contributed by atoms with Crippen molar-refractivity contribution in [2.45, 2.75) is 20.3 Å². The Balaban J connectivity index is 2.40. The summed E-state index contributed by atoms with van der Waals surface area (Å²) in [6.45, 7) is 4.09. The van der Waals surface area contributed by atoms with Crippen LogP contribution in [-0.4, -0.2) is 4.98 Å². The highest BCUT2D eigenvalue weighted by Crippen LogP contribution is 2.31. The van der Waals surface area contributed by atoms with Gasteiger partial charge in [0.05, 0.1) is 11.4 Å². The van der Waals surface area contributed by atoms with Crippen LogP contribution in [0, 0.1) is 18.4 Å². The molecule has 1 heterocycles. The summed E-state index contributed by atoms with van der Waals surface area (Å²) in [6, 6.07) is 9.59. The second kappa shape index (κ2) is 4.98. The smallest absolute Gasteiger partial charge is 0.203 e. The molecule has 2 rings (SSSR count). The molecule has 0 atom stereocenters. The molecule has 0 saturated heterocycles. The zero-order valence-electron chi connectivity index (χ0n) is 9.84. The van der Waals surface area contributed by atoms with Gasteiger partial charge in [0, 0.05) is 4.88 Å². The maximum atomic E-state index is 9.25. The van der Waals surface area contributed by atoms with Crippen LogP contribution in [0.15, 0.2) is 30.3 Å². The minimum atomic E-state index is 0.744. The van der Waals surface area contributed by atoms with Gasteiger partial charge < -0.3 is 0 Å². The maximum absolute atomic E-state index is 9.25. The van der Waals surface area contributed by atoms with Gasteiger partial charge in [-0.25, -0.2) is 9.88 Å².